The zero-order chi connectivity index (χ0) is 11.1. The first-order valence-corrected chi connectivity index (χ1v) is 4.66. The number of methoxy groups -OCH3 is 1. The minimum Gasteiger partial charge on any atom is -0.468 e. The number of carbonyl (C=O) groups is 2. The molecular weight excluding hydrogens is 184 g/mol. The first-order valence-electron chi connectivity index (χ1n) is 4.66. The highest BCUT2D eigenvalue weighted by Crippen LogP contribution is 2.05. The van der Waals surface area contributed by atoms with E-state index < -0.39 is 17.9 Å². The summed E-state index contributed by atoms with van der Waals surface area (Å²) in [5.74, 6) is -0.903. The maximum absolute atomic E-state index is 11.3. The van der Waals surface area contributed by atoms with Crippen molar-refractivity contribution in [3.05, 3.63) is 0 Å². The fourth-order valence-corrected chi connectivity index (χ4v) is 1.35. The third-order valence-corrected chi connectivity index (χ3v) is 2.12. The van der Waals surface area contributed by atoms with Crippen molar-refractivity contribution in [1.29, 1.82) is 0 Å². The van der Waals surface area contributed by atoms with E-state index in [2.05, 4.69) is 4.74 Å². The number of likely N-dealkylation sites (N-methyl/N-ethyl adjacent to an activating group) is 1. The molecule has 1 amide bonds. The number of rotatable bonds is 6. The van der Waals surface area contributed by atoms with Gasteiger partial charge in [-0.2, -0.15) is 0 Å². The molecule has 14 heavy (non-hydrogen) atoms. The van der Waals surface area contributed by atoms with Gasteiger partial charge < -0.3 is 10.5 Å². The fraction of sp³-hybridized carbons (Fsp3) is 0.778. The largest absolute Gasteiger partial charge is 0.468 e. The molecule has 0 rings (SSSR count). The summed E-state index contributed by atoms with van der Waals surface area (Å²) in [6.45, 7) is 5.20. The number of nitrogens with zero attached hydrogens (tertiary/aromatic N) is 1. The maximum Gasteiger partial charge on any atom is 0.323 e. The molecule has 0 saturated carbocycles. The van der Waals surface area contributed by atoms with Crippen LogP contribution in [0.5, 0.6) is 0 Å². The molecule has 0 aliphatic rings. The molecule has 0 aromatic heterocycles. The van der Waals surface area contributed by atoms with Crippen molar-refractivity contribution in [1.82, 2.24) is 4.90 Å². The number of carbonyl (C=O) groups excluding carboxylic acids is 2. The molecule has 5 nitrogen and oxygen atoms in total. The molecule has 5 heteroatoms. The molecule has 0 bridgehead atoms. The Labute approximate surface area is 84.2 Å². The Hall–Kier alpha value is -1.10. The van der Waals surface area contributed by atoms with E-state index in [1.54, 1.807) is 0 Å². The summed E-state index contributed by atoms with van der Waals surface area (Å²) in [7, 11) is 1.31. The summed E-state index contributed by atoms with van der Waals surface area (Å²) < 4.78 is 4.61. The summed E-state index contributed by atoms with van der Waals surface area (Å²) in [4.78, 5) is 23.9. The SMILES string of the molecule is CCN(CC)[C@@H](CC(N)=O)C(=O)OC. The van der Waals surface area contributed by atoms with Gasteiger partial charge in [0.1, 0.15) is 6.04 Å². The maximum atomic E-state index is 11.3. The minimum atomic E-state index is -0.549. The van der Waals surface area contributed by atoms with Crippen molar-refractivity contribution >= 4 is 11.9 Å². The molecule has 0 aliphatic carbocycles. The Bertz CT molecular complexity index is 202. The van der Waals surface area contributed by atoms with Gasteiger partial charge in [-0.3, -0.25) is 14.5 Å². The summed E-state index contributed by atoms with van der Waals surface area (Å²) >= 11 is 0. The summed E-state index contributed by atoms with van der Waals surface area (Å²) in [5, 5.41) is 0. The summed E-state index contributed by atoms with van der Waals surface area (Å²) in [5.41, 5.74) is 5.06. The molecule has 2 N–H and O–H groups in total. The van der Waals surface area contributed by atoms with Crippen LogP contribution < -0.4 is 5.73 Å². The number of hydrogen-bond donors (Lipinski definition) is 1. The van der Waals surface area contributed by atoms with Gasteiger partial charge in [0.15, 0.2) is 0 Å². The van der Waals surface area contributed by atoms with Crippen molar-refractivity contribution in [2.75, 3.05) is 20.2 Å². The second-order valence-electron chi connectivity index (χ2n) is 2.93. The van der Waals surface area contributed by atoms with Crippen LogP contribution in [-0.2, 0) is 14.3 Å². The quantitative estimate of drug-likeness (QED) is 0.602. The van der Waals surface area contributed by atoms with Gasteiger partial charge in [-0.05, 0) is 13.1 Å². The van der Waals surface area contributed by atoms with Gasteiger partial charge in [0.05, 0.1) is 13.5 Å². The van der Waals surface area contributed by atoms with E-state index in [9.17, 15) is 9.59 Å². The Morgan fingerprint density at radius 3 is 2.14 bits per heavy atom. The first-order chi connectivity index (χ1) is 6.56. The van der Waals surface area contributed by atoms with Gasteiger partial charge in [0.2, 0.25) is 5.91 Å². The van der Waals surface area contributed by atoms with Crippen molar-refractivity contribution in [2.45, 2.75) is 26.3 Å². The second-order valence-corrected chi connectivity index (χ2v) is 2.93. The van der Waals surface area contributed by atoms with E-state index >= 15 is 0 Å². The number of esters is 1. The topological polar surface area (TPSA) is 72.6 Å². The number of primary amides is 1. The molecule has 0 aliphatic heterocycles. The van der Waals surface area contributed by atoms with Crippen LogP contribution in [0.1, 0.15) is 20.3 Å². The molecule has 82 valence electrons. The van der Waals surface area contributed by atoms with E-state index in [1.165, 1.54) is 7.11 Å². The van der Waals surface area contributed by atoms with Crippen LogP contribution >= 0.6 is 0 Å². The first kappa shape index (κ1) is 12.9. The zero-order valence-electron chi connectivity index (χ0n) is 8.95. The standard InChI is InChI=1S/C9H18N2O3/c1-4-11(5-2)7(6-8(10)12)9(13)14-3/h7H,4-6H2,1-3H3,(H2,10,12)/t7-/m0/s1. The zero-order valence-corrected chi connectivity index (χ0v) is 8.95. The van der Waals surface area contributed by atoms with Gasteiger partial charge in [0.25, 0.3) is 0 Å². The normalized spacial score (nSPS) is 12.6. The highest BCUT2D eigenvalue weighted by molar-refractivity contribution is 5.84. The molecular formula is C9H18N2O3. The average Bonchev–Trinajstić information content (AvgIpc) is 2.16. The molecule has 0 fully saturated rings. The lowest BCUT2D eigenvalue weighted by molar-refractivity contribution is -0.148. The van der Waals surface area contributed by atoms with Crippen LogP contribution in [0, 0.1) is 0 Å². The van der Waals surface area contributed by atoms with Gasteiger partial charge >= 0.3 is 5.97 Å². The Morgan fingerprint density at radius 1 is 1.36 bits per heavy atom. The highest BCUT2D eigenvalue weighted by Gasteiger charge is 2.26. The smallest absolute Gasteiger partial charge is 0.323 e. The fourth-order valence-electron chi connectivity index (χ4n) is 1.35. The highest BCUT2D eigenvalue weighted by atomic mass is 16.5. The van der Waals surface area contributed by atoms with Crippen LogP contribution in [0.4, 0.5) is 0 Å². The summed E-state index contributed by atoms with van der Waals surface area (Å²) in [6.07, 6.45) is 0.00829. The minimum absolute atomic E-state index is 0.00829. The molecule has 0 unspecified atom stereocenters. The second kappa shape index (κ2) is 6.37. The summed E-state index contributed by atoms with van der Waals surface area (Å²) in [6, 6.07) is -0.549. The molecule has 0 aromatic carbocycles. The number of ether oxygens (including phenoxy) is 1. The monoisotopic (exact) mass is 202 g/mol. The van der Waals surface area contributed by atoms with Crippen molar-refractivity contribution in [3.8, 4) is 0 Å². The van der Waals surface area contributed by atoms with Crippen LogP contribution in [0.15, 0.2) is 0 Å². The molecule has 1 atom stereocenters. The third-order valence-electron chi connectivity index (χ3n) is 2.12. The number of amides is 1. The number of nitrogens with two attached hydrogens (primary N) is 1. The average molecular weight is 202 g/mol. The lowest BCUT2D eigenvalue weighted by Crippen LogP contribution is -2.44. The Kier molecular flexibility index (Phi) is 5.87. The lowest BCUT2D eigenvalue weighted by atomic mass is 10.1. The van der Waals surface area contributed by atoms with Gasteiger partial charge in [-0.15, -0.1) is 0 Å². The molecule has 0 spiro atoms. The predicted molar refractivity (Wildman–Crippen MR) is 52.5 cm³/mol. The molecule has 0 saturated heterocycles. The van der Waals surface area contributed by atoms with Gasteiger partial charge in [-0.1, -0.05) is 13.8 Å². The molecule has 0 radical (unpaired) electrons. The van der Waals surface area contributed by atoms with E-state index in [0.717, 1.165) is 0 Å². The Balaban J connectivity index is 4.51. The van der Waals surface area contributed by atoms with Crippen molar-refractivity contribution in [2.24, 2.45) is 5.73 Å². The van der Waals surface area contributed by atoms with Crippen molar-refractivity contribution in [3.63, 3.8) is 0 Å². The number of hydrogen-bond acceptors (Lipinski definition) is 4. The van der Waals surface area contributed by atoms with E-state index in [-0.39, 0.29) is 6.42 Å². The van der Waals surface area contributed by atoms with E-state index in [0.29, 0.717) is 13.1 Å². The van der Waals surface area contributed by atoms with Gasteiger partial charge in [0, 0.05) is 0 Å². The van der Waals surface area contributed by atoms with Gasteiger partial charge in [-0.25, -0.2) is 0 Å². The van der Waals surface area contributed by atoms with Crippen LogP contribution in [-0.4, -0.2) is 43.0 Å². The lowest BCUT2D eigenvalue weighted by Gasteiger charge is -2.26. The van der Waals surface area contributed by atoms with Crippen molar-refractivity contribution < 1.29 is 14.3 Å². The Morgan fingerprint density at radius 2 is 1.86 bits per heavy atom. The van der Waals surface area contributed by atoms with E-state index in [4.69, 9.17) is 5.73 Å². The molecule has 0 aromatic rings. The van der Waals surface area contributed by atoms with Crippen LogP contribution in [0.25, 0.3) is 0 Å². The predicted octanol–water partition coefficient (Wildman–Crippen LogP) is -0.255. The third kappa shape index (κ3) is 3.74. The van der Waals surface area contributed by atoms with Crippen LogP contribution in [0.2, 0.25) is 0 Å². The van der Waals surface area contributed by atoms with Crippen LogP contribution in [0.3, 0.4) is 0 Å². The molecule has 0 heterocycles. The van der Waals surface area contributed by atoms with E-state index in [1.807, 2.05) is 18.7 Å².